The summed E-state index contributed by atoms with van der Waals surface area (Å²) in [5, 5.41) is 8.83. The second kappa shape index (κ2) is 7.52. The van der Waals surface area contributed by atoms with Crippen LogP contribution in [0.2, 0.25) is 5.02 Å². The zero-order valence-electron chi connectivity index (χ0n) is 15.2. The molecule has 28 heavy (non-hydrogen) atoms. The molecule has 2 aliphatic heterocycles. The van der Waals surface area contributed by atoms with E-state index in [9.17, 15) is 9.59 Å². The standard InChI is InChI=1S/C20H18ClN3O4/c1-12-2-4-14(11-15(12)21)24-19(25)7-5-16(23-24)20(26)22-13-3-6-17-18(10-13)28-9-8-27-17/h2-4,6,10-11H,5,7-9H2,1H3,(H,22,26). The third kappa shape index (κ3) is 3.66. The number of ether oxygens (including phenoxy) is 2. The van der Waals surface area contributed by atoms with Gasteiger partial charge in [0, 0.05) is 29.6 Å². The van der Waals surface area contributed by atoms with Crippen LogP contribution in [0.5, 0.6) is 11.5 Å². The maximum Gasteiger partial charge on any atom is 0.271 e. The zero-order chi connectivity index (χ0) is 19.7. The van der Waals surface area contributed by atoms with Crippen molar-refractivity contribution >= 4 is 40.5 Å². The highest BCUT2D eigenvalue weighted by Crippen LogP contribution is 2.32. The molecule has 4 rings (SSSR count). The topological polar surface area (TPSA) is 80.2 Å². The Balaban J connectivity index is 1.55. The van der Waals surface area contributed by atoms with Gasteiger partial charge in [-0.25, -0.2) is 5.01 Å². The maximum absolute atomic E-state index is 12.7. The van der Waals surface area contributed by atoms with Crippen LogP contribution in [0.25, 0.3) is 0 Å². The smallest absolute Gasteiger partial charge is 0.271 e. The predicted molar refractivity (Wildman–Crippen MR) is 106 cm³/mol. The number of nitrogens with zero attached hydrogens (tertiary/aromatic N) is 2. The molecule has 2 aliphatic rings. The number of nitrogens with one attached hydrogen (secondary N) is 1. The van der Waals surface area contributed by atoms with Crippen LogP contribution in [0.3, 0.4) is 0 Å². The third-order valence-electron chi connectivity index (χ3n) is 4.49. The van der Waals surface area contributed by atoms with E-state index in [1.165, 1.54) is 5.01 Å². The first-order valence-electron chi connectivity index (χ1n) is 8.89. The van der Waals surface area contributed by atoms with Crippen LogP contribution in [0, 0.1) is 6.92 Å². The highest BCUT2D eigenvalue weighted by Gasteiger charge is 2.26. The van der Waals surface area contributed by atoms with E-state index >= 15 is 0 Å². The van der Waals surface area contributed by atoms with Gasteiger partial charge in [-0.1, -0.05) is 17.7 Å². The Kier molecular flexibility index (Phi) is 4.92. The lowest BCUT2D eigenvalue weighted by atomic mass is 10.1. The maximum atomic E-state index is 12.7. The summed E-state index contributed by atoms with van der Waals surface area (Å²) in [5.74, 6) is 0.677. The summed E-state index contributed by atoms with van der Waals surface area (Å²) >= 11 is 6.16. The molecule has 0 atom stereocenters. The average Bonchev–Trinajstić information content (AvgIpc) is 2.70. The van der Waals surface area contributed by atoms with E-state index in [1.807, 2.05) is 13.0 Å². The second-order valence-corrected chi connectivity index (χ2v) is 6.91. The number of carbonyl (C=O) groups excluding carboxylic acids is 2. The average molecular weight is 400 g/mol. The minimum Gasteiger partial charge on any atom is -0.486 e. The Morgan fingerprint density at radius 3 is 2.68 bits per heavy atom. The van der Waals surface area contributed by atoms with Gasteiger partial charge in [-0.3, -0.25) is 9.59 Å². The minimum absolute atomic E-state index is 0.184. The van der Waals surface area contributed by atoms with Crippen molar-refractivity contribution in [1.82, 2.24) is 0 Å². The van der Waals surface area contributed by atoms with E-state index in [-0.39, 0.29) is 30.4 Å². The molecule has 0 aromatic heterocycles. The van der Waals surface area contributed by atoms with Crippen LogP contribution in [0.1, 0.15) is 18.4 Å². The molecule has 7 nitrogen and oxygen atoms in total. The number of fused-ring (bicyclic) bond motifs is 1. The Labute approximate surface area is 166 Å². The van der Waals surface area contributed by atoms with Crippen molar-refractivity contribution in [2.45, 2.75) is 19.8 Å². The first kappa shape index (κ1) is 18.3. The molecule has 0 bridgehead atoms. The Morgan fingerprint density at radius 1 is 1.11 bits per heavy atom. The fourth-order valence-electron chi connectivity index (χ4n) is 2.96. The molecule has 0 unspecified atom stereocenters. The Morgan fingerprint density at radius 2 is 1.89 bits per heavy atom. The second-order valence-electron chi connectivity index (χ2n) is 6.50. The molecule has 0 saturated carbocycles. The molecule has 0 aliphatic carbocycles. The molecule has 0 fully saturated rings. The number of anilines is 2. The van der Waals surface area contributed by atoms with Gasteiger partial charge in [0.15, 0.2) is 11.5 Å². The molecule has 2 heterocycles. The van der Waals surface area contributed by atoms with Gasteiger partial charge in [-0.05, 0) is 36.8 Å². The number of amides is 2. The summed E-state index contributed by atoms with van der Waals surface area (Å²) in [5.41, 5.74) is 2.27. The highest BCUT2D eigenvalue weighted by atomic mass is 35.5. The summed E-state index contributed by atoms with van der Waals surface area (Å²) in [6.45, 7) is 2.84. The van der Waals surface area contributed by atoms with Crippen LogP contribution in [-0.4, -0.2) is 30.7 Å². The SMILES string of the molecule is Cc1ccc(N2N=C(C(=O)Nc3ccc4c(c3)OCCO4)CCC2=O)cc1Cl. The van der Waals surface area contributed by atoms with E-state index < -0.39 is 0 Å². The van der Waals surface area contributed by atoms with Crippen LogP contribution in [0.15, 0.2) is 41.5 Å². The minimum atomic E-state index is -0.368. The van der Waals surface area contributed by atoms with E-state index in [4.69, 9.17) is 21.1 Å². The molecule has 0 spiro atoms. The molecule has 2 aromatic rings. The summed E-state index contributed by atoms with van der Waals surface area (Å²) in [7, 11) is 0. The fourth-order valence-corrected chi connectivity index (χ4v) is 3.13. The zero-order valence-corrected chi connectivity index (χ0v) is 16.0. The quantitative estimate of drug-likeness (QED) is 0.856. The summed E-state index contributed by atoms with van der Waals surface area (Å²) in [4.78, 5) is 25.0. The van der Waals surface area contributed by atoms with Gasteiger partial charge in [0.25, 0.3) is 5.91 Å². The summed E-state index contributed by atoms with van der Waals surface area (Å²) < 4.78 is 11.0. The van der Waals surface area contributed by atoms with Gasteiger partial charge in [0.05, 0.1) is 5.69 Å². The number of hydrogen-bond acceptors (Lipinski definition) is 5. The highest BCUT2D eigenvalue weighted by molar-refractivity contribution is 6.44. The molecule has 144 valence electrons. The molecule has 0 radical (unpaired) electrons. The van der Waals surface area contributed by atoms with Crippen molar-refractivity contribution in [3.05, 3.63) is 47.0 Å². The number of hydrogen-bond donors (Lipinski definition) is 1. The van der Waals surface area contributed by atoms with E-state index in [0.717, 1.165) is 5.56 Å². The van der Waals surface area contributed by atoms with Gasteiger partial charge in [-0.15, -0.1) is 0 Å². The van der Waals surface area contributed by atoms with Crippen molar-refractivity contribution in [3.63, 3.8) is 0 Å². The lowest BCUT2D eigenvalue weighted by molar-refractivity contribution is -0.118. The number of carbonyl (C=O) groups is 2. The Hall–Kier alpha value is -3.06. The molecule has 1 N–H and O–H groups in total. The monoisotopic (exact) mass is 399 g/mol. The van der Waals surface area contributed by atoms with Crippen molar-refractivity contribution in [2.75, 3.05) is 23.5 Å². The fraction of sp³-hybridized carbons (Fsp3) is 0.250. The lowest BCUT2D eigenvalue weighted by Crippen LogP contribution is -2.36. The molecule has 2 aromatic carbocycles. The van der Waals surface area contributed by atoms with Crippen LogP contribution < -0.4 is 19.8 Å². The third-order valence-corrected chi connectivity index (χ3v) is 4.90. The number of aryl methyl sites for hydroxylation is 1. The van der Waals surface area contributed by atoms with Crippen molar-refractivity contribution < 1.29 is 19.1 Å². The van der Waals surface area contributed by atoms with Crippen molar-refractivity contribution in [3.8, 4) is 11.5 Å². The van der Waals surface area contributed by atoms with Crippen LogP contribution >= 0.6 is 11.6 Å². The van der Waals surface area contributed by atoms with Gasteiger partial charge < -0.3 is 14.8 Å². The number of hydrazone groups is 1. The molecular formula is C20H18ClN3O4. The number of halogens is 1. The first-order chi connectivity index (χ1) is 13.5. The van der Waals surface area contributed by atoms with Gasteiger partial charge >= 0.3 is 0 Å². The first-order valence-corrected chi connectivity index (χ1v) is 9.26. The predicted octanol–water partition coefficient (Wildman–Crippen LogP) is 3.54. The molecular weight excluding hydrogens is 382 g/mol. The number of rotatable bonds is 3. The molecule has 0 saturated heterocycles. The van der Waals surface area contributed by atoms with Gasteiger partial charge in [0.2, 0.25) is 5.91 Å². The van der Waals surface area contributed by atoms with Gasteiger partial charge in [-0.2, -0.15) is 5.10 Å². The van der Waals surface area contributed by atoms with E-state index in [1.54, 1.807) is 30.3 Å². The van der Waals surface area contributed by atoms with Crippen molar-refractivity contribution in [1.29, 1.82) is 0 Å². The van der Waals surface area contributed by atoms with E-state index in [0.29, 0.717) is 41.1 Å². The normalized spacial score (nSPS) is 15.9. The summed E-state index contributed by atoms with van der Waals surface area (Å²) in [6, 6.07) is 10.4. The molecule has 8 heteroatoms. The Bertz CT molecular complexity index is 989. The molecule has 2 amide bonds. The van der Waals surface area contributed by atoms with Gasteiger partial charge in [0.1, 0.15) is 18.9 Å². The van der Waals surface area contributed by atoms with Crippen LogP contribution in [0.4, 0.5) is 11.4 Å². The largest absolute Gasteiger partial charge is 0.486 e. The van der Waals surface area contributed by atoms with Crippen molar-refractivity contribution in [2.24, 2.45) is 5.10 Å². The summed E-state index contributed by atoms with van der Waals surface area (Å²) in [6.07, 6.45) is 0.462. The van der Waals surface area contributed by atoms with Crippen LogP contribution in [-0.2, 0) is 9.59 Å². The van der Waals surface area contributed by atoms with E-state index in [2.05, 4.69) is 10.4 Å². The number of benzene rings is 2. The lowest BCUT2D eigenvalue weighted by Gasteiger charge is -2.23.